The fraction of sp³-hybridized carbons (Fsp3) is 0.562. The number of nitrogens with zero attached hydrogens (tertiary/aromatic N) is 1. The third-order valence-corrected chi connectivity index (χ3v) is 3.95. The summed E-state index contributed by atoms with van der Waals surface area (Å²) in [7, 11) is 3.31. The summed E-state index contributed by atoms with van der Waals surface area (Å²) >= 11 is 0. The second-order valence-electron chi connectivity index (χ2n) is 5.32. The largest absolute Gasteiger partial charge is 0.385 e. The van der Waals surface area contributed by atoms with Gasteiger partial charge in [0.05, 0.1) is 0 Å². The minimum Gasteiger partial charge on any atom is -0.385 e. The molecule has 5 heteroatoms. The van der Waals surface area contributed by atoms with Gasteiger partial charge in [0.1, 0.15) is 12.2 Å². The number of benzene rings is 1. The molecule has 21 heavy (non-hydrogen) atoms. The van der Waals surface area contributed by atoms with Gasteiger partial charge in [-0.2, -0.15) is 0 Å². The van der Waals surface area contributed by atoms with Crippen LogP contribution < -0.4 is 5.32 Å². The molecule has 1 saturated heterocycles. The number of carbonyl (C=O) groups is 1. The van der Waals surface area contributed by atoms with Crippen molar-refractivity contribution in [1.82, 2.24) is 4.90 Å². The molecule has 0 aliphatic carbocycles. The van der Waals surface area contributed by atoms with E-state index in [9.17, 15) is 4.79 Å². The van der Waals surface area contributed by atoms with Gasteiger partial charge < -0.3 is 19.7 Å². The molecule has 0 radical (unpaired) electrons. The lowest BCUT2D eigenvalue weighted by molar-refractivity contribution is -0.00461. The first-order chi connectivity index (χ1) is 10.1. The van der Waals surface area contributed by atoms with Gasteiger partial charge in [-0.1, -0.05) is 0 Å². The van der Waals surface area contributed by atoms with Gasteiger partial charge in [0, 0.05) is 45.1 Å². The Kier molecular flexibility index (Phi) is 5.20. The number of aryl methyl sites for hydroxylation is 1. The van der Waals surface area contributed by atoms with E-state index in [4.69, 9.17) is 9.47 Å². The summed E-state index contributed by atoms with van der Waals surface area (Å²) in [6, 6.07) is 5.77. The molecule has 0 bridgehead atoms. The molecule has 0 saturated carbocycles. The number of carbonyl (C=O) groups excluding carboxylic acids is 1. The first-order valence-corrected chi connectivity index (χ1v) is 7.30. The molecule has 1 N–H and O–H groups in total. The van der Waals surface area contributed by atoms with Crippen LogP contribution in [0.2, 0.25) is 0 Å². The summed E-state index contributed by atoms with van der Waals surface area (Å²) < 4.78 is 10.8. The van der Waals surface area contributed by atoms with Crippen LogP contribution in [0.3, 0.4) is 0 Å². The second kappa shape index (κ2) is 6.91. The molecular formula is C16H24N2O3. The van der Waals surface area contributed by atoms with Crippen molar-refractivity contribution in [2.24, 2.45) is 0 Å². The lowest BCUT2D eigenvalue weighted by Gasteiger charge is -2.17. The lowest BCUT2D eigenvalue weighted by atomic mass is 10.1. The topological polar surface area (TPSA) is 50.8 Å². The van der Waals surface area contributed by atoms with Crippen LogP contribution in [0.15, 0.2) is 18.2 Å². The minimum atomic E-state index is -0.0546. The van der Waals surface area contributed by atoms with E-state index >= 15 is 0 Å². The van der Waals surface area contributed by atoms with Crippen molar-refractivity contribution in [3.63, 3.8) is 0 Å². The van der Waals surface area contributed by atoms with E-state index < -0.39 is 0 Å². The molecule has 116 valence electrons. The minimum absolute atomic E-state index is 0.0303. The maximum Gasteiger partial charge on any atom is 0.254 e. The SMILES string of the molecule is CCNc1ccc(C(=O)N2CC(OC)C(OC)C2)cc1C. The molecule has 2 rings (SSSR count). The van der Waals surface area contributed by atoms with Gasteiger partial charge in [-0.3, -0.25) is 4.79 Å². The molecule has 1 aliphatic heterocycles. The summed E-state index contributed by atoms with van der Waals surface area (Å²) in [6.45, 7) is 6.07. The third kappa shape index (κ3) is 3.36. The van der Waals surface area contributed by atoms with Gasteiger partial charge in [0.15, 0.2) is 0 Å². The van der Waals surface area contributed by atoms with Gasteiger partial charge in [0.25, 0.3) is 5.91 Å². The normalized spacial score (nSPS) is 21.6. The summed E-state index contributed by atoms with van der Waals surface area (Å²) in [5, 5.41) is 3.28. The van der Waals surface area contributed by atoms with Crippen molar-refractivity contribution in [2.75, 3.05) is 39.2 Å². The van der Waals surface area contributed by atoms with Crippen LogP contribution in [0.1, 0.15) is 22.8 Å². The Bertz CT molecular complexity index is 492. The average Bonchev–Trinajstić information content (AvgIpc) is 2.92. The van der Waals surface area contributed by atoms with Crippen LogP contribution in [0.5, 0.6) is 0 Å². The van der Waals surface area contributed by atoms with E-state index in [1.165, 1.54) is 0 Å². The van der Waals surface area contributed by atoms with E-state index in [1.807, 2.05) is 25.1 Å². The number of anilines is 1. The molecule has 1 amide bonds. The number of likely N-dealkylation sites (tertiary alicyclic amines) is 1. The summed E-state index contributed by atoms with van der Waals surface area (Å²) in [5.74, 6) is 0.0303. The number of ether oxygens (including phenoxy) is 2. The number of amides is 1. The predicted molar refractivity (Wildman–Crippen MR) is 82.8 cm³/mol. The Balaban J connectivity index is 2.12. The number of rotatable bonds is 5. The number of hydrogen-bond acceptors (Lipinski definition) is 4. The van der Waals surface area contributed by atoms with Crippen molar-refractivity contribution in [1.29, 1.82) is 0 Å². The Labute approximate surface area is 126 Å². The molecule has 1 heterocycles. The van der Waals surface area contributed by atoms with Crippen molar-refractivity contribution in [2.45, 2.75) is 26.1 Å². The first kappa shape index (κ1) is 15.8. The molecule has 5 nitrogen and oxygen atoms in total. The van der Waals surface area contributed by atoms with Gasteiger partial charge in [0.2, 0.25) is 0 Å². The fourth-order valence-electron chi connectivity index (χ4n) is 2.73. The van der Waals surface area contributed by atoms with Crippen LogP contribution in [-0.4, -0.2) is 56.9 Å². The monoisotopic (exact) mass is 292 g/mol. The molecule has 1 aromatic carbocycles. The van der Waals surface area contributed by atoms with Crippen LogP contribution >= 0.6 is 0 Å². The zero-order valence-corrected chi connectivity index (χ0v) is 13.2. The van der Waals surface area contributed by atoms with Gasteiger partial charge in [-0.25, -0.2) is 0 Å². The molecule has 2 atom stereocenters. The molecule has 2 unspecified atom stereocenters. The maximum atomic E-state index is 12.6. The summed E-state index contributed by atoms with van der Waals surface area (Å²) in [6.07, 6.45) is -0.109. The molecule has 1 aromatic rings. The Morgan fingerprint density at radius 2 is 1.90 bits per heavy atom. The standard InChI is InChI=1S/C16H24N2O3/c1-5-17-13-7-6-12(8-11(13)2)16(19)18-9-14(20-3)15(10-18)21-4/h6-8,14-15,17H,5,9-10H2,1-4H3. The number of hydrogen-bond donors (Lipinski definition) is 1. The molecule has 0 aromatic heterocycles. The Morgan fingerprint density at radius 3 is 2.38 bits per heavy atom. The maximum absolute atomic E-state index is 12.6. The number of methoxy groups -OCH3 is 2. The fourth-order valence-corrected chi connectivity index (χ4v) is 2.73. The van der Waals surface area contributed by atoms with Gasteiger partial charge in [-0.05, 0) is 37.6 Å². The molecule has 0 spiro atoms. The van der Waals surface area contributed by atoms with E-state index in [-0.39, 0.29) is 18.1 Å². The molecule has 1 fully saturated rings. The summed E-state index contributed by atoms with van der Waals surface area (Å²) in [4.78, 5) is 14.4. The van der Waals surface area contributed by atoms with Gasteiger partial charge >= 0.3 is 0 Å². The third-order valence-electron chi connectivity index (χ3n) is 3.95. The van der Waals surface area contributed by atoms with Crippen molar-refractivity contribution in [3.8, 4) is 0 Å². The zero-order chi connectivity index (χ0) is 15.4. The first-order valence-electron chi connectivity index (χ1n) is 7.30. The van der Waals surface area contributed by atoms with E-state index in [0.29, 0.717) is 18.7 Å². The van der Waals surface area contributed by atoms with E-state index in [1.54, 1.807) is 19.1 Å². The highest BCUT2D eigenvalue weighted by Crippen LogP contribution is 2.21. The van der Waals surface area contributed by atoms with Gasteiger partial charge in [-0.15, -0.1) is 0 Å². The quantitative estimate of drug-likeness (QED) is 0.901. The molecular weight excluding hydrogens is 268 g/mol. The lowest BCUT2D eigenvalue weighted by Crippen LogP contribution is -2.30. The van der Waals surface area contributed by atoms with Crippen LogP contribution in [-0.2, 0) is 9.47 Å². The number of nitrogens with one attached hydrogen (secondary N) is 1. The highest BCUT2D eigenvalue weighted by atomic mass is 16.5. The van der Waals surface area contributed by atoms with E-state index in [0.717, 1.165) is 17.8 Å². The van der Waals surface area contributed by atoms with E-state index in [2.05, 4.69) is 12.2 Å². The van der Waals surface area contributed by atoms with Crippen LogP contribution in [0.4, 0.5) is 5.69 Å². The highest BCUT2D eigenvalue weighted by molar-refractivity contribution is 5.95. The Hall–Kier alpha value is -1.59. The second-order valence-corrected chi connectivity index (χ2v) is 5.32. The Morgan fingerprint density at radius 1 is 1.29 bits per heavy atom. The average molecular weight is 292 g/mol. The van der Waals surface area contributed by atoms with Crippen LogP contribution in [0, 0.1) is 6.92 Å². The van der Waals surface area contributed by atoms with Crippen molar-refractivity contribution in [3.05, 3.63) is 29.3 Å². The van der Waals surface area contributed by atoms with Crippen molar-refractivity contribution >= 4 is 11.6 Å². The highest BCUT2D eigenvalue weighted by Gasteiger charge is 2.35. The molecule has 1 aliphatic rings. The summed E-state index contributed by atoms with van der Waals surface area (Å²) in [5.41, 5.74) is 2.86. The predicted octanol–water partition coefficient (Wildman–Crippen LogP) is 1.91. The van der Waals surface area contributed by atoms with Crippen LogP contribution in [0.25, 0.3) is 0 Å². The smallest absolute Gasteiger partial charge is 0.254 e. The zero-order valence-electron chi connectivity index (χ0n) is 13.2. The van der Waals surface area contributed by atoms with Crippen molar-refractivity contribution < 1.29 is 14.3 Å².